The highest BCUT2D eigenvalue weighted by Crippen LogP contribution is 2.31. The number of anilines is 1. The highest BCUT2D eigenvalue weighted by atomic mass is 19.1. The van der Waals surface area contributed by atoms with Gasteiger partial charge in [0.2, 0.25) is 11.9 Å². The molecule has 1 amide bonds. The van der Waals surface area contributed by atoms with Crippen molar-refractivity contribution in [1.29, 1.82) is 0 Å². The van der Waals surface area contributed by atoms with Crippen LogP contribution in [-0.2, 0) is 20.9 Å². The first-order chi connectivity index (χ1) is 13.6. The van der Waals surface area contributed by atoms with E-state index in [0.29, 0.717) is 5.69 Å². The van der Waals surface area contributed by atoms with Gasteiger partial charge in [-0.15, -0.1) is 0 Å². The Morgan fingerprint density at radius 2 is 1.79 bits per heavy atom. The van der Waals surface area contributed by atoms with Gasteiger partial charge in [-0.2, -0.15) is 4.39 Å². The van der Waals surface area contributed by atoms with Gasteiger partial charge in [-0.25, -0.2) is 0 Å². The van der Waals surface area contributed by atoms with Gasteiger partial charge in [-0.05, 0) is 28.8 Å². The zero-order valence-electron chi connectivity index (χ0n) is 15.4. The fraction of sp³-hybridized carbons (Fsp3) is 0.273. The van der Waals surface area contributed by atoms with Crippen LogP contribution in [0.3, 0.4) is 0 Å². The molecule has 0 unspecified atom stereocenters. The van der Waals surface area contributed by atoms with Crippen molar-refractivity contribution in [3.05, 3.63) is 66.1 Å². The molecular formula is C22H21FN2O3. The number of amides is 1. The number of benzene rings is 2. The fourth-order valence-corrected chi connectivity index (χ4v) is 3.62. The van der Waals surface area contributed by atoms with Crippen LogP contribution in [0, 0.1) is 0 Å². The average molecular weight is 380 g/mol. The number of morpholine rings is 1. The van der Waals surface area contributed by atoms with Gasteiger partial charge in [0, 0.05) is 25.7 Å². The molecule has 2 aromatic carbocycles. The Kier molecular flexibility index (Phi) is 5.32. The van der Waals surface area contributed by atoms with Gasteiger partial charge in [0.25, 0.3) is 0 Å². The third-order valence-corrected chi connectivity index (χ3v) is 5.00. The first-order valence-corrected chi connectivity index (χ1v) is 9.33. The topological polar surface area (TPSA) is 49.9 Å². The predicted octanol–water partition coefficient (Wildman–Crippen LogP) is 3.30. The molecule has 0 bridgehead atoms. The first-order valence-electron chi connectivity index (χ1n) is 9.33. The summed E-state index contributed by atoms with van der Waals surface area (Å²) in [6, 6.07) is 15.3. The number of nitrogens with zero attached hydrogens (tertiary/aromatic N) is 2. The van der Waals surface area contributed by atoms with Gasteiger partial charge in [0.15, 0.2) is 5.78 Å². The van der Waals surface area contributed by atoms with Crippen LogP contribution in [0.4, 0.5) is 10.1 Å². The fourth-order valence-electron chi connectivity index (χ4n) is 3.62. The number of carbonyl (C=O) groups excluding carboxylic acids is 2. The van der Waals surface area contributed by atoms with Crippen molar-refractivity contribution in [2.45, 2.75) is 13.0 Å². The number of hydrogen-bond donors (Lipinski definition) is 0. The molecule has 5 nitrogen and oxygen atoms in total. The molecule has 2 heterocycles. The lowest BCUT2D eigenvalue weighted by molar-refractivity contribution is -0.125. The molecule has 0 aromatic heterocycles. The third kappa shape index (κ3) is 3.88. The average Bonchev–Trinajstić information content (AvgIpc) is 2.69. The van der Waals surface area contributed by atoms with Crippen LogP contribution in [0.15, 0.2) is 60.6 Å². The summed E-state index contributed by atoms with van der Waals surface area (Å²) in [5.41, 5.74) is 3.53. The molecule has 0 saturated carbocycles. The van der Waals surface area contributed by atoms with E-state index >= 15 is 0 Å². The minimum atomic E-state index is -0.833. The molecule has 2 aliphatic rings. The Labute approximate surface area is 163 Å². The van der Waals surface area contributed by atoms with E-state index in [1.54, 1.807) is 18.2 Å². The summed E-state index contributed by atoms with van der Waals surface area (Å²) in [4.78, 5) is 26.9. The minimum Gasteiger partial charge on any atom is -0.379 e. The van der Waals surface area contributed by atoms with Crippen molar-refractivity contribution in [2.24, 2.45) is 0 Å². The van der Waals surface area contributed by atoms with Crippen LogP contribution in [0.1, 0.15) is 12.0 Å². The molecule has 1 saturated heterocycles. The number of halogens is 1. The number of allylic oxidation sites excluding steroid dienone is 1. The summed E-state index contributed by atoms with van der Waals surface area (Å²) in [6.07, 6.45) is 0.561. The molecule has 0 N–H and O–H groups in total. The molecule has 0 spiro atoms. The monoisotopic (exact) mass is 380 g/mol. The molecule has 2 aliphatic heterocycles. The smallest absolute Gasteiger partial charge is 0.241 e. The molecule has 0 aliphatic carbocycles. The van der Waals surface area contributed by atoms with E-state index in [4.69, 9.17) is 4.74 Å². The highest BCUT2D eigenvalue weighted by Gasteiger charge is 2.28. The summed E-state index contributed by atoms with van der Waals surface area (Å²) in [7, 11) is 0. The van der Waals surface area contributed by atoms with Crippen molar-refractivity contribution >= 4 is 17.4 Å². The van der Waals surface area contributed by atoms with E-state index in [0.717, 1.165) is 60.5 Å². The zero-order chi connectivity index (χ0) is 19.5. The Hall–Kier alpha value is -2.83. The molecule has 0 atom stereocenters. The van der Waals surface area contributed by atoms with E-state index in [1.165, 1.54) is 0 Å². The third-order valence-electron chi connectivity index (χ3n) is 5.00. The largest absolute Gasteiger partial charge is 0.379 e. The van der Waals surface area contributed by atoms with Gasteiger partial charge in [-0.1, -0.05) is 36.4 Å². The lowest BCUT2D eigenvalue weighted by atomic mass is 9.98. The molecule has 28 heavy (non-hydrogen) atoms. The van der Waals surface area contributed by atoms with Gasteiger partial charge < -0.3 is 4.74 Å². The highest BCUT2D eigenvalue weighted by molar-refractivity contribution is 6.14. The van der Waals surface area contributed by atoms with E-state index in [9.17, 15) is 14.0 Å². The standard InChI is InChI=1S/C22H21FN2O3/c23-21-13-19(26)14-22(27)25(21)18-6-3-5-16(12-18)20-7-2-1-4-17(20)15-24-8-10-28-11-9-24/h1-7,12-13H,8-11,14-15H2. The Bertz CT molecular complexity index is 935. The second-order valence-corrected chi connectivity index (χ2v) is 6.94. The van der Waals surface area contributed by atoms with Crippen LogP contribution < -0.4 is 4.90 Å². The minimum absolute atomic E-state index is 0.314. The molecular weight excluding hydrogens is 359 g/mol. The Morgan fingerprint density at radius 3 is 2.57 bits per heavy atom. The second kappa shape index (κ2) is 8.04. The van der Waals surface area contributed by atoms with Crippen LogP contribution in [0.5, 0.6) is 0 Å². The van der Waals surface area contributed by atoms with Gasteiger partial charge >= 0.3 is 0 Å². The quantitative estimate of drug-likeness (QED) is 0.603. The first kappa shape index (κ1) is 18.5. The summed E-state index contributed by atoms with van der Waals surface area (Å²) in [5, 5.41) is 0. The second-order valence-electron chi connectivity index (χ2n) is 6.94. The van der Waals surface area contributed by atoms with Crippen LogP contribution in [0.25, 0.3) is 11.1 Å². The maximum absolute atomic E-state index is 14.3. The van der Waals surface area contributed by atoms with Crippen LogP contribution in [0.2, 0.25) is 0 Å². The van der Waals surface area contributed by atoms with Crippen molar-refractivity contribution < 1.29 is 18.7 Å². The number of rotatable bonds is 4. The van der Waals surface area contributed by atoms with Gasteiger partial charge in [0.05, 0.1) is 25.3 Å². The molecule has 4 rings (SSSR count). The van der Waals surface area contributed by atoms with Gasteiger partial charge in [0.1, 0.15) is 0 Å². The SMILES string of the molecule is O=C1C=C(F)N(c2cccc(-c3ccccc3CN3CCOCC3)c2)C(=O)C1. The van der Waals surface area contributed by atoms with Gasteiger partial charge in [-0.3, -0.25) is 19.4 Å². The summed E-state index contributed by atoms with van der Waals surface area (Å²) in [5.74, 6) is -1.89. The predicted molar refractivity (Wildman–Crippen MR) is 104 cm³/mol. The normalized spacial score (nSPS) is 18.3. The molecule has 6 heteroatoms. The lowest BCUT2D eigenvalue weighted by Gasteiger charge is -2.27. The van der Waals surface area contributed by atoms with Crippen molar-refractivity contribution in [2.75, 3.05) is 31.2 Å². The van der Waals surface area contributed by atoms with Crippen LogP contribution >= 0.6 is 0 Å². The summed E-state index contributed by atoms with van der Waals surface area (Å²) >= 11 is 0. The van der Waals surface area contributed by atoms with E-state index in [2.05, 4.69) is 11.0 Å². The summed E-state index contributed by atoms with van der Waals surface area (Å²) < 4.78 is 19.7. The molecule has 0 radical (unpaired) electrons. The number of ketones is 1. The maximum Gasteiger partial charge on any atom is 0.241 e. The van der Waals surface area contributed by atoms with E-state index in [-0.39, 0.29) is 6.42 Å². The summed E-state index contributed by atoms with van der Waals surface area (Å²) in [6.45, 7) is 4.05. The Morgan fingerprint density at radius 1 is 1.00 bits per heavy atom. The van der Waals surface area contributed by atoms with E-state index < -0.39 is 17.6 Å². The molecule has 1 fully saturated rings. The van der Waals surface area contributed by atoms with E-state index in [1.807, 2.05) is 24.3 Å². The maximum atomic E-state index is 14.3. The number of carbonyl (C=O) groups is 2. The lowest BCUT2D eigenvalue weighted by Crippen LogP contribution is -2.35. The zero-order valence-corrected chi connectivity index (χ0v) is 15.4. The molecule has 144 valence electrons. The molecule has 2 aromatic rings. The van der Waals surface area contributed by atoms with Crippen molar-refractivity contribution in [3.8, 4) is 11.1 Å². The number of hydrogen-bond acceptors (Lipinski definition) is 4. The van der Waals surface area contributed by atoms with Crippen LogP contribution in [-0.4, -0.2) is 42.9 Å². The van der Waals surface area contributed by atoms with Crippen molar-refractivity contribution in [3.63, 3.8) is 0 Å². The number of ether oxygens (including phenoxy) is 1. The Balaban J connectivity index is 1.66. The van der Waals surface area contributed by atoms with Crippen molar-refractivity contribution in [1.82, 2.24) is 4.90 Å².